The van der Waals surface area contributed by atoms with Crippen molar-refractivity contribution in [2.75, 3.05) is 52.4 Å². The van der Waals surface area contributed by atoms with Gasteiger partial charge in [0.05, 0.1) is 12.4 Å². The van der Waals surface area contributed by atoms with E-state index in [4.69, 9.17) is 9.47 Å². The van der Waals surface area contributed by atoms with Crippen molar-refractivity contribution in [2.24, 2.45) is 0 Å². The molecule has 4 heterocycles. The monoisotopic (exact) mass is 864 g/mol. The Labute approximate surface area is 373 Å². The molecule has 2 aliphatic heterocycles. The van der Waals surface area contributed by atoms with Gasteiger partial charge in [0.25, 0.3) is 11.1 Å². The highest BCUT2D eigenvalue weighted by Crippen LogP contribution is 2.23. The van der Waals surface area contributed by atoms with Gasteiger partial charge in [-0.15, -0.1) is 0 Å². The van der Waals surface area contributed by atoms with Gasteiger partial charge < -0.3 is 20.1 Å². The molecule has 0 spiro atoms. The maximum atomic E-state index is 12.7. The van der Waals surface area contributed by atoms with Gasteiger partial charge in [0, 0.05) is 87.7 Å². The van der Waals surface area contributed by atoms with Crippen molar-refractivity contribution in [1.82, 2.24) is 40.0 Å². The molecular weight excluding hydrogens is 809 g/mol. The van der Waals surface area contributed by atoms with Crippen LogP contribution < -0.4 is 31.2 Å². The van der Waals surface area contributed by atoms with Crippen LogP contribution in [0.1, 0.15) is 68.9 Å². The van der Waals surface area contributed by atoms with Gasteiger partial charge in [-0.25, -0.2) is 9.36 Å². The normalized spacial score (nSPS) is 15.3. The first-order chi connectivity index (χ1) is 31.2. The van der Waals surface area contributed by atoms with Crippen LogP contribution in [0, 0.1) is 0 Å². The number of carbonyl (C=O) groups excluding carboxylic acids is 2. The molecule has 2 aromatic heterocycles. The molecule has 0 aliphatic carbocycles. The van der Waals surface area contributed by atoms with Crippen LogP contribution in [0.15, 0.2) is 143 Å². The summed E-state index contributed by atoms with van der Waals surface area (Å²) in [5, 5.41) is 14.9. The molecule has 2 atom stereocenters. The fourth-order valence-corrected chi connectivity index (χ4v) is 7.62. The maximum Gasteiger partial charge on any atom is 0.270 e. The zero-order valence-electron chi connectivity index (χ0n) is 36.5. The molecule has 6 aromatic rings. The van der Waals surface area contributed by atoms with Crippen LogP contribution in [0.2, 0.25) is 0 Å². The van der Waals surface area contributed by atoms with E-state index in [2.05, 4.69) is 44.5 Å². The fourth-order valence-electron chi connectivity index (χ4n) is 7.62. The molecule has 2 fully saturated rings. The standard InChI is InChI=1S/2C25H28N4O3/c2*1-19(28-13-11-26-12-14-28)21-7-9-22(10-8-21)24(30)17-29-25(31)15-23(16-27-29)32-18-20-5-3-2-4-6-20/h2*2-10,15-16,19,26H,11-14,17-18H2,1H3. The van der Waals surface area contributed by atoms with Gasteiger partial charge in [-0.1, -0.05) is 109 Å². The van der Waals surface area contributed by atoms with E-state index in [-0.39, 0.29) is 35.8 Å². The molecule has 64 heavy (non-hydrogen) atoms. The van der Waals surface area contributed by atoms with Crippen molar-refractivity contribution < 1.29 is 19.1 Å². The minimum Gasteiger partial charge on any atom is -0.487 e. The molecule has 0 saturated carbocycles. The molecule has 0 bridgehead atoms. The van der Waals surface area contributed by atoms with E-state index in [0.29, 0.717) is 47.9 Å². The predicted molar refractivity (Wildman–Crippen MR) is 246 cm³/mol. The molecule has 0 amide bonds. The van der Waals surface area contributed by atoms with Crippen LogP contribution in [-0.2, 0) is 26.3 Å². The first kappa shape index (κ1) is 45.4. The van der Waals surface area contributed by atoms with Crippen molar-refractivity contribution in [3.05, 3.63) is 188 Å². The maximum absolute atomic E-state index is 12.7. The molecule has 8 rings (SSSR count). The van der Waals surface area contributed by atoms with E-state index < -0.39 is 0 Å². The highest BCUT2D eigenvalue weighted by atomic mass is 16.5. The third-order valence-corrected chi connectivity index (χ3v) is 11.6. The quantitative estimate of drug-likeness (QED) is 0.121. The Balaban J connectivity index is 0.000000191. The highest BCUT2D eigenvalue weighted by molar-refractivity contribution is 5.96. The largest absolute Gasteiger partial charge is 0.487 e. The Morgan fingerprint density at radius 3 is 1.25 bits per heavy atom. The Morgan fingerprint density at radius 1 is 0.547 bits per heavy atom. The van der Waals surface area contributed by atoms with Gasteiger partial charge in [0.15, 0.2) is 11.6 Å². The molecule has 332 valence electrons. The summed E-state index contributed by atoms with van der Waals surface area (Å²) in [6.45, 7) is 12.9. The number of hydrogen-bond donors (Lipinski definition) is 2. The van der Waals surface area contributed by atoms with E-state index >= 15 is 0 Å². The van der Waals surface area contributed by atoms with Crippen LogP contribution >= 0.6 is 0 Å². The highest BCUT2D eigenvalue weighted by Gasteiger charge is 2.20. The lowest BCUT2D eigenvalue weighted by Gasteiger charge is -2.33. The van der Waals surface area contributed by atoms with Crippen molar-refractivity contribution in [2.45, 2.75) is 52.2 Å². The first-order valence-corrected chi connectivity index (χ1v) is 21.8. The number of ether oxygens (including phenoxy) is 2. The minimum absolute atomic E-state index is 0.107. The number of Topliss-reactive ketones (excluding diaryl/α,β-unsaturated/α-hetero) is 2. The smallest absolute Gasteiger partial charge is 0.270 e. The van der Waals surface area contributed by atoms with E-state index in [1.165, 1.54) is 35.7 Å². The van der Waals surface area contributed by atoms with E-state index in [1.54, 1.807) is 0 Å². The van der Waals surface area contributed by atoms with Crippen LogP contribution in [-0.4, -0.2) is 93.3 Å². The molecule has 14 heteroatoms. The van der Waals surface area contributed by atoms with E-state index in [0.717, 1.165) is 72.8 Å². The lowest BCUT2D eigenvalue weighted by molar-refractivity contribution is 0.0957. The van der Waals surface area contributed by atoms with Crippen LogP contribution in [0.25, 0.3) is 0 Å². The summed E-state index contributed by atoms with van der Waals surface area (Å²) in [5.74, 6) is 0.459. The van der Waals surface area contributed by atoms with Crippen molar-refractivity contribution in [1.29, 1.82) is 0 Å². The second-order valence-electron chi connectivity index (χ2n) is 15.9. The number of benzene rings is 4. The third kappa shape index (κ3) is 12.8. The topological polar surface area (TPSA) is 153 Å². The zero-order valence-corrected chi connectivity index (χ0v) is 36.5. The summed E-state index contributed by atoms with van der Waals surface area (Å²) in [6.07, 6.45) is 2.94. The van der Waals surface area contributed by atoms with Gasteiger partial charge in [-0.05, 0) is 36.1 Å². The van der Waals surface area contributed by atoms with Crippen LogP contribution in [0.4, 0.5) is 0 Å². The predicted octanol–water partition coefficient (Wildman–Crippen LogP) is 5.34. The van der Waals surface area contributed by atoms with Crippen LogP contribution in [0.5, 0.6) is 11.5 Å². The molecular formula is C50H56N8O6. The number of carbonyl (C=O) groups is 2. The minimum atomic E-state index is -0.368. The molecule has 0 radical (unpaired) electrons. The Kier molecular flexibility index (Phi) is 16.1. The Bertz CT molecular complexity index is 2360. The lowest BCUT2D eigenvalue weighted by atomic mass is 10.0. The molecule has 2 unspecified atom stereocenters. The third-order valence-electron chi connectivity index (χ3n) is 11.6. The lowest BCUT2D eigenvalue weighted by Crippen LogP contribution is -2.44. The number of hydrogen-bond acceptors (Lipinski definition) is 12. The van der Waals surface area contributed by atoms with Crippen molar-refractivity contribution in [3.8, 4) is 11.5 Å². The summed E-state index contributed by atoms with van der Waals surface area (Å²) in [7, 11) is 0. The SMILES string of the molecule is CC(c1ccc(C(=O)Cn2ncc(OCc3ccccc3)cc2=O)cc1)N1CCNCC1.CC(c1ccc(C(=O)Cn2ncc(OCc3ccccc3)cc2=O)cc1)N1CCNCC1. The van der Waals surface area contributed by atoms with E-state index in [1.807, 2.05) is 109 Å². The Hall–Kier alpha value is -6.58. The summed E-state index contributed by atoms with van der Waals surface area (Å²) in [6, 6.07) is 38.0. The van der Waals surface area contributed by atoms with Gasteiger partial charge in [0.1, 0.15) is 37.8 Å². The fraction of sp³-hybridized carbons (Fsp3) is 0.320. The number of nitrogens with zero attached hydrogens (tertiary/aromatic N) is 6. The molecule has 2 N–H and O–H groups in total. The molecule has 2 saturated heterocycles. The molecule has 4 aromatic carbocycles. The molecule has 2 aliphatic rings. The second-order valence-corrected chi connectivity index (χ2v) is 15.9. The summed E-state index contributed by atoms with van der Waals surface area (Å²) in [5.41, 5.74) is 4.76. The van der Waals surface area contributed by atoms with Gasteiger partial charge in [-0.3, -0.25) is 29.0 Å². The second kappa shape index (κ2) is 22.7. The summed E-state index contributed by atoms with van der Waals surface area (Å²) in [4.78, 5) is 55.0. The number of piperazine rings is 2. The average molecular weight is 865 g/mol. The summed E-state index contributed by atoms with van der Waals surface area (Å²) >= 11 is 0. The average Bonchev–Trinajstić information content (AvgIpc) is 3.35. The van der Waals surface area contributed by atoms with Crippen LogP contribution in [0.3, 0.4) is 0 Å². The molecule has 14 nitrogen and oxygen atoms in total. The summed E-state index contributed by atoms with van der Waals surface area (Å²) < 4.78 is 13.6. The number of nitrogens with one attached hydrogen (secondary N) is 2. The van der Waals surface area contributed by atoms with Gasteiger partial charge >= 0.3 is 0 Å². The number of rotatable bonds is 16. The van der Waals surface area contributed by atoms with Crippen molar-refractivity contribution >= 4 is 11.6 Å². The van der Waals surface area contributed by atoms with Gasteiger partial charge in [-0.2, -0.15) is 10.2 Å². The first-order valence-electron chi connectivity index (χ1n) is 21.8. The number of aromatic nitrogens is 4. The van der Waals surface area contributed by atoms with E-state index in [9.17, 15) is 19.2 Å². The van der Waals surface area contributed by atoms with Gasteiger partial charge in [0.2, 0.25) is 0 Å². The zero-order chi connectivity index (χ0) is 44.7. The van der Waals surface area contributed by atoms with Crippen molar-refractivity contribution in [3.63, 3.8) is 0 Å². The Morgan fingerprint density at radius 2 is 0.906 bits per heavy atom. The number of ketones is 2.